The van der Waals surface area contributed by atoms with Crippen molar-refractivity contribution in [1.82, 2.24) is 24.1 Å². The molecule has 0 atom stereocenters. The van der Waals surface area contributed by atoms with Gasteiger partial charge in [-0.05, 0) is 161 Å². The highest BCUT2D eigenvalue weighted by Crippen LogP contribution is 2.45. The first-order chi connectivity index (χ1) is 36.1. The molecule has 0 saturated carbocycles. The van der Waals surface area contributed by atoms with E-state index in [2.05, 4.69) is 251 Å². The number of pyridine rings is 1. The largest absolute Gasteiger partial charge is 0.354 e. The first-order valence-electron chi connectivity index (χ1n) is 26.0. The van der Waals surface area contributed by atoms with Crippen LogP contribution in [0.3, 0.4) is 0 Å². The molecule has 9 aromatic carbocycles. The average Bonchev–Trinajstić information content (AvgIpc) is 4.11. The second-order valence-electron chi connectivity index (χ2n) is 20.9. The maximum atomic E-state index is 5.88. The summed E-state index contributed by atoms with van der Waals surface area (Å²) in [5.41, 5.74) is 24.4. The number of benzene rings is 9. The zero-order valence-corrected chi connectivity index (χ0v) is 43.0. The Balaban J connectivity index is 1.12. The van der Waals surface area contributed by atoms with Crippen molar-refractivity contribution in [2.45, 2.75) is 60.3 Å². The maximum Gasteiger partial charge on any atom is 0.147 e. The Kier molecular flexibility index (Phi) is 10.8. The number of aromatic amines is 1. The van der Waals surface area contributed by atoms with Crippen LogP contribution in [0.5, 0.6) is 0 Å². The minimum Gasteiger partial charge on any atom is -0.354 e. The summed E-state index contributed by atoms with van der Waals surface area (Å²) in [6, 6.07) is 71.3. The summed E-state index contributed by atoms with van der Waals surface area (Å²) >= 11 is 0. The topological polar surface area (TPSA) is 51.4 Å². The standard InChI is InChI=1S/C69H57N5/c1-41(2)52-20-15-21-53(42(3)4)66(52)47-26-30-51(31-27-47)73-63-40-50(65-44(6)35-43(5)36-45(65)7)38-58(68(63)72-69(73)57-23-16-22-56-54-19-11-12-24-60(54)71-67(56)57)49-28-32-55-59-37-48(46-17-9-8-10-18-46)29-33-61(59)74(62(55)39-49)64-25-13-14-34-70-64/h8-42,71H,1-7H3. The van der Waals surface area contributed by atoms with Gasteiger partial charge in [-0.3, -0.25) is 9.13 Å². The number of imidazole rings is 1. The zero-order valence-electron chi connectivity index (χ0n) is 43.0. The van der Waals surface area contributed by atoms with Crippen LogP contribution in [0.15, 0.2) is 200 Å². The molecule has 0 spiro atoms. The molecular weight excluding hydrogens is 899 g/mol. The molecule has 13 aromatic rings. The van der Waals surface area contributed by atoms with Crippen molar-refractivity contribution < 1.29 is 0 Å². The second kappa shape index (κ2) is 17.7. The van der Waals surface area contributed by atoms with Gasteiger partial charge < -0.3 is 4.98 Å². The molecule has 0 aliphatic heterocycles. The van der Waals surface area contributed by atoms with Gasteiger partial charge in [0.2, 0.25) is 0 Å². The summed E-state index contributed by atoms with van der Waals surface area (Å²) < 4.78 is 4.74. The van der Waals surface area contributed by atoms with Gasteiger partial charge in [0.1, 0.15) is 11.6 Å². The minimum atomic E-state index is 0.381. The molecule has 4 aromatic heterocycles. The molecule has 358 valence electrons. The van der Waals surface area contributed by atoms with Crippen LogP contribution in [0, 0.1) is 20.8 Å². The van der Waals surface area contributed by atoms with Gasteiger partial charge in [-0.25, -0.2) is 9.97 Å². The lowest BCUT2D eigenvalue weighted by Crippen LogP contribution is -2.01. The monoisotopic (exact) mass is 955 g/mol. The molecule has 0 saturated heterocycles. The molecule has 0 radical (unpaired) electrons. The predicted molar refractivity (Wildman–Crippen MR) is 312 cm³/mol. The Bertz CT molecular complexity index is 4270. The Morgan fingerprint density at radius 2 is 1.11 bits per heavy atom. The van der Waals surface area contributed by atoms with Crippen molar-refractivity contribution in [1.29, 1.82) is 0 Å². The highest BCUT2D eigenvalue weighted by Gasteiger charge is 2.25. The Morgan fingerprint density at radius 1 is 0.432 bits per heavy atom. The number of para-hydroxylation sites is 2. The molecule has 5 heteroatoms. The molecule has 1 N–H and O–H groups in total. The van der Waals surface area contributed by atoms with E-state index in [0.29, 0.717) is 11.8 Å². The fraction of sp³-hybridized carbons (Fsp3) is 0.130. The zero-order chi connectivity index (χ0) is 50.4. The van der Waals surface area contributed by atoms with Crippen LogP contribution in [-0.2, 0) is 0 Å². The van der Waals surface area contributed by atoms with E-state index >= 15 is 0 Å². The Hall–Kier alpha value is -8.80. The van der Waals surface area contributed by atoms with Crippen molar-refractivity contribution in [3.8, 4) is 67.4 Å². The van der Waals surface area contributed by atoms with Crippen LogP contribution in [0.2, 0.25) is 0 Å². The number of aromatic nitrogens is 5. The minimum absolute atomic E-state index is 0.381. The summed E-state index contributed by atoms with van der Waals surface area (Å²) in [6.07, 6.45) is 1.88. The lowest BCUT2D eigenvalue weighted by Gasteiger charge is -2.20. The number of H-pyrrole nitrogens is 1. The van der Waals surface area contributed by atoms with Crippen LogP contribution < -0.4 is 0 Å². The van der Waals surface area contributed by atoms with Gasteiger partial charge in [0.25, 0.3) is 0 Å². The number of fused-ring (bicyclic) bond motifs is 7. The number of aryl methyl sites for hydroxylation is 3. The van der Waals surface area contributed by atoms with E-state index in [1.165, 1.54) is 77.2 Å². The van der Waals surface area contributed by atoms with Crippen LogP contribution in [0.4, 0.5) is 0 Å². The van der Waals surface area contributed by atoms with Crippen LogP contribution in [0.25, 0.3) is 122 Å². The van der Waals surface area contributed by atoms with Crippen LogP contribution in [-0.4, -0.2) is 24.1 Å². The molecular formula is C69H57N5. The van der Waals surface area contributed by atoms with Gasteiger partial charge in [0, 0.05) is 50.1 Å². The lowest BCUT2D eigenvalue weighted by atomic mass is 9.85. The highest BCUT2D eigenvalue weighted by molar-refractivity contribution is 6.14. The number of nitrogens with zero attached hydrogens (tertiary/aromatic N) is 4. The first-order valence-corrected chi connectivity index (χ1v) is 26.0. The molecule has 13 rings (SSSR count). The van der Waals surface area contributed by atoms with E-state index in [-0.39, 0.29) is 0 Å². The van der Waals surface area contributed by atoms with Crippen molar-refractivity contribution >= 4 is 54.6 Å². The fourth-order valence-corrected chi connectivity index (χ4v) is 12.1. The van der Waals surface area contributed by atoms with Gasteiger partial charge in [0.15, 0.2) is 0 Å². The summed E-state index contributed by atoms with van der Waals surface area (Å²) in [5, 5.41) is 4.72. The number of hydrogen-bond acceptors (Lipinski definition) is 2. The van der Waals surface area contributed by atoms with Gasteiger partial charge >= 0.3 is 0 Å². The maximum absolute atomic E-state index is 5.88. The normalized spacial score (nSPS) is 12.0. The summed E-state index contributed by atoms with van der Waals surface area (Å²) in [4.78, 5) is 14.7. The molecule has 0 fully saturated rings. The van der Waals surface area contributed by atoms with Crippen molar-refractivity contribution in [3.63, 3.8) is 0 Å². The molecule has 0 bridgehead atoms. The molecule has 0 amide bonds. The Morgan fingerprint density at radius 3 is 1.85 bits per heavy atom. The van der Waals surface area contributed by atoms with Crippen LogP contribution in [0.1, 0.15) is 67.3 Å². The van der Waals surface area contributed by atoms with E-state index in [1.54, 1.807) is 0 Å². The molecule has 4 heterocycles. The summed E-state index contributed by atoms with van der Waals surface area (Å²) in [6.45, 7) is 15.9. The SMILES string of the molecule is Cc1cc(C)c(-c2cc(-c3ccc4c5cc(-c6ccccc6)ccc5n(-c5ccccn5)c4c3)c3nc(-c4cccc5c4[nH]c4ccccc45)n(-c4ccc(-c5c(C(C)C)cccc5C(C)C)cc4)c3c2)c(C)c1. The third kappa shape index (κ3) is 7.37. The highest BCUT2D eigenvalue weighted by atomic mass is 15.1. The lowest BCUT2D eigenvalue weighted by molar-refractivity contribution is 0.838. The van der Waals surface area contributed by atoms with Crippen LogP contribution >= 0.6 is 0 Å². The molecule has 0 unspecified atom stereocenters. The predicted octanol–water partition coefficient (Wildman–Crippen LogP) is 18.7. The molecule has 74 heavy (non-hydrogen) atoms. The van der Waals surface area contributed by atoms with E-state index in [0.717, 1.165) is 72.7 Å². The first kappa shape index (κ1) is 45.1. The van der Waals surface area contributed by atoms with Crippen molar-refractivity contribution in [2.75, 3.05) is 0 Å². The summed E-state index contributed by atoms with van der Waals surface area (Å²) in [5.74, 6) is 2.51. The smallest absolute Gasteiger partial charge is 0.147 e. The average molecular weight is 956 g/mol. The fourth-order valence-electron chi connectivity index (χ4n) is 12.1. The van der Waals surface area contributed by atoms with Gasteiger partial charge in [-0.2, -0.15) is 0 Å². The third-order valence-corrected chi connectivity index (χ3v) is 15.4. The van der Waals surface area contributed by atoms with E-state index in [4.69, 9.17) is 9.97 Å². The van der Waals surface area contributed by atoms with E-state index < -0.39 is 0 Å². The number of rotatable bonds is 9. The molecule has 0 aliphatic rings. The van der Waals surface area contributed by atoms with E-state index in [1.807, 2.05) is 12.3 Å². The Labute approximate surface area is 432 Å². The van der Waals surface area contributed by atoms with E-state index in [9.17, 15) is 0 Å². The number of hydrogen-bond donors (Lipinski definition) is 1. The van der Waals surface area contributed by atoms with Crippen molar-refractivity contribution in [2.24, 2.45) is 0 Å². The van der Waals surface area contributed by atoms with Gasteiger partial charge in [-0.1, -0.05) is 161 Å². The van der Waals surface area contributed by atoms with Gasteiger partial charge in [0.05, 0.1) is 27.6 Å². The molecule has 5 nitrogen and oxygen atoms in total. The van der Waals surface area contributed by atoms with Crippen molar-refractivity contribution in [3.05, 3.63) is 228 Å². The third-order valence-electron chi connectivity index (χ3n) is 15.4. The molecule has 0 aliphatic carbocycles. The van der Waals surface area contributed by atoms with Gasteiger partial charge in [-0.15, -0.1) is 0 Å². The summed E-state index contributed by atoms with van der Waals surface area (Å²) in [7, 11) is 0. The quantitative estimate of drug-likeness (QED) is 0.157. The second-order valence-corrected chi connectivity index (χ2v) is 20.9. The number of nitrogens with one attached hydrogen (secondary N) is 1.